The Balaban J connectivity index is 2.20. The van der Waals surface area contributed by atoms with E-state index in [9.17, 15) is 10.1 Å². The van der Waals surface area contributed by atoms with Gasteiger partial charge >= 0.3 is 0 Å². The zero-order valence-electron chi connectivity index (χ0n) is 16.3. The maximum absolute atomic E-state index is 11.1. The summed E-state index contributed by atoms with van der Waals surface area (Å²) in [6, 6.07) is 8.66. The van der Waals surface area contributed by atoms with Gasteiger partial charge in [0.15, 0.2) is 11.5 Å². The largest absolute Gasteiger partial charge is 0.493 e. The first-order chi connectivity index (χ1) is 13.4. The fourth-order valence-corrected chi connectivity index (χ4v) is 3.21. The van der Waals surface area contributed by atoms with Crippen LogP contribution in [0.25, 0.3) is 22.5 Å². The second kappa shape index (κ2) is 7.59. The predicted octanol–water partition coefficient (Wildman–Crippen LogP) is 4.00. The Morgan fingerprint density at radius 2 is 1.64 bits per heavy atom. The number of aryl methyl sites for hydroxylation is 2. The van der Waals surface area contributed by atoms with Crippen molar-refractivity contribution in [2.45, 2.75) is 6.92 Å². The van der Waals surface area contributed by atoms with Crippen LogP contribution in [-0.4, -0.2) is 35.8 Å². The normalized spacial score (nSPS) is 10.6. The molecule has 0 atom stereocenters. The minimum atomic E-state index is -0.391. The molecule has 0 aliphatic carbocycles. The SMILES string of the molecule is COc1cc(-c2c(-c3ccc([N+](=O)[O-])c(C)c3)ncn2C)cc(OC)c1OC. The van der Waals surface area contributed by atoms with Crippen LogP contribution < -0.4 is 14.2 Å². The summed E-state index contributed by atoms with van der Waals surface area (Å²) in [5, 5.41) is 11.1. The van der Waals surface area contributed by atoms with Crippen LogP contribution in [0.1, 0.15) is 5.56 Å². The summed E-state index contributed by atoms with van der Waals surface area (Å²) >= 11 is 0. The average molecular weight is 383 g/mol. The van der Waals surface area contributed by atoms with Crippen LogP contribution in [0.15, 0.2) is 36.7 Å². The number of benzene rings is 2. The molecule has 0 N–H and O–H groups in total. The lowest BCUT2D eigenvalue weighted by Crippen LogP contribution is -1.98. The van der Waals surface area contributed by atoms with Crippen molar-refractivity contribution in [3.8, 4) is 39.8 Å². The zero-order chi connectivity index (χ0) is 20.4. The Bertz CT molecular complexity index is 1020. The minimum Gasteiger partial charge on any atom is -0.493 e. The van der Waals surface area contributed by atoms with Gasteiger partial charge in [0.25, 0.3) is 5.69 Å². The Morgan fingerprint density at radius 1 is 1.00 bits per heavy atom. The Labute approximate surface area is 162 Å². The van der Waals surface area contributed by atoms with Crippen molar-refractivity contribution in [2.24, 2.45) is 7.05 Å². The molecule has 146 valence electrons. The summed E-state index contributed by atoms with van der Waals surface area (Å²) in [6.45, 7) is 1.71. The van der Waals surface area contributed by atoms with E-state index in [0.29, 0.717) is 28.5 Å². The lowest BCUT2D eigenvalue weighted by molar-refractivity contribution is -0.385. The number of nitro groups is 1. The number of rotatable bonds is 6. The third-order valence-corrected chi connectivity index (χ3v) is 4.54. The predicted molar refractivity (Wildman–Crippen MR) is 105 cm³/mol. The van der Waals surface area contributed by atoms with E-state index < -0.39 is 4.92 Å². The number of nitrogens with zero attached hydrogens (tertiary/aromatic N) is 3. The molecule has 0 bridgehead atoms. The topological polar surface area (TPSA) is 88.7 Å². The third kappa shape index (κ3) is 3.24. The molecular formula is C20H21N3O5. The number of hydrogen-bond donors (Lipinski definition) is 0. The molecule has 1 heterocycles. The van der Waals surface area contributed by atoms with E-state index in [4.69, 9.17) is 14.2 Å². The van der Waals surface area contributed by atoms with Gasteiger partial charge in [0.05, 0.1) is 44.0 Å². The first-order valence-corrected chi connectivity index (χ1v) is 8.48. The third-order valence-electron chi connectivity index (χ3n) is 4.54. The van der Waals surface area contributed by atoms with Gasteiger partial charge in [0.2, 0.25) is 5.75 Å². The van der Waals surface area contributed by atoms with Crippen molar-refractivity contribution in [3.63, 3.8) is 0 Å². The summed E-state index contributed by atoms with van der Waals surface area (Å²) in [5.41, 5.74) is 3.79. The first-order valence-electron chi connectivity index (χ1n) is 8.48. The smallest absolute Gasteiger partial charge is 0.272 e. The Morgan fingerprint density at radius 3 is 2.14 bits per heavy atom. The van der Waals surface area contributed by atoms with Crippen LogP contribution in [-0.2, 0) is 7.05 Å². The summed E-state index contributed by atoms with van der Waals surface area (Å²) < 4.78 is 18.2. The highest BCUT2D eigenvalue weighted by Crippen LogP contribution is 2.43. The molecule has 0 unspecified atom stereocenters. The van der Waals surface area contributed by atoms with Crippen molar-refractivity contribution in [1.29, 1.82) is 0 Å². The molecule has 0 aliphatic rings. The molecule has 0 aliphatic heterocycles. The molecule has 0 radical (unpaired) electrons. The van der Waals surface area contributed by atoms with Crippen LogP contribution >= 0.6 is 0 Å². The van der Waals surface area contributed by atoms with Gasteiger partial charge in [-0.25, -0.2) is 4.98 Å². The van der Waals surface area contributed by atoms with Crippen molar-refractivity contribution in [1.82, 2.24) is 9.55 Å². The Hall–Kier alpha value is -3.55. The van der Waals surface area contributed by atoms with E-state index in [2.05, 4.69) is 4.98 Å². The fraction of sp³-hybridized carbons (Fsp3) is 0.250. The van der Waals surface area contributed by atoms with Crippen LogP contribution in [0, 0.1) is 17.0 Å². The zero-order valence-corrected chi connectivity index (χ0v) is 16.3. The van der Waals surface area contributed by atoms with Crippen LogP contribution in [0.5, 0.6) is 17.2 Å². The highest BCUT2D eigenvalue weighted by Gasteiger charge is 2.20. The van der Waals surface area contributed by atoms with Gasteiger partial charge in [-0.1, -0.05) is 0 Å². The molecule has 8 heteroatoms. The van der Waals surface area contributed by atoms with Crippen LogP contribution in [0.4, 0.5) is 5.69 Å². The molecular weight excluding hydrogens is 362 g/mol. The molecule has 0 saturated carbocycles. The number of ether oxygens (including phenoxy) is 3. The van der Waals surface area contributed by atoms with E-state index in [1.165, 1.54) is 6.07 Å². The van der Waals surface area contributed by atoms with Crippen molar-refractivity contribution in [2.75, 3.05) is 21.3 Å². The van der Waals surface area contributed by atoms with Gasteiger partial charge in [0.1, 0.15) is 0 Å². The Kier molecular flexibility index (Phi) is 5.21. The molecule has 0 amide bonds. The second-order valence-electron chi connectivity index (χ2n) is 6.23. The first kappa shape index (κ1) is 19.2. The number of imidazole rings is 1. The molecule has 0 saturated heterocycles. The molecule has 28 heavy (non-hydrogen) atoms. The van der Waals surface area contributed by atoms with Crippen molar-refractivity contribution in [3.05, 3.63) is 52.3 Å². The highest BCUT2D eigenvalue weighted by molar-refractivity contribution is 5.81. The highest BCUT2D eigenvalue weighted by atomic mass is 16.6. The van der Waals surface area contributed by atoms with Gasteiger partial charge in [0, 0.05) is 29.8 Å². The van der Waals surface area contributed by atoms with E-state index >= 15 is 0 Å². The van der Waals surface area contributed by atoms with E-state index in [1.807, 2.05) is 23.7 Å². The van der Waals surface area contributed by atoms with Gasteiger partial charge in [-0.05, 0) is 31.2 Å². The molecule has 3 rings (SSSR count). The summed E-state index contributed by atoms with van der Waals surface area (Å²) in [6.07, 6.45) is 1.70. The lowest BCUT2D eigenvalue weighted by atomic mass is 10.0. The van der Waals surface area contributed by atoms with Crippen LogP contribution in [0.3, 0.4) is 0 Å². The molecule has 0 fully saturated rings. The number of nitro benzene ring substituents is 1. The average Bonchev–Trinajstić information content (AvgIpc) is 3.07. The van der Waals surface area contributed by atoms with Gasteiger partial charge in [-0.15, -0.1) is 0 Å². The number of hydrogen-bond acceptors (Lipinski definition) is 6. The number of methoxy groups -OCH3 is 3. The number of aromatic nitrogens is 2. The van der Waals surface area contributed by atoms with Crippen molar-refractivity contribution < 1.29 is 19.1 Å². The molecule has 2 aromatic carbocycles. The van der Waals surface area contributed by atoms with Gasteiger partial charge in [-0.2, -0.15) is 0 Å². The fourth-order valence-electron chi connectivity index (χ4n) is 3.21. The second-order valence-corrected chi connectivity index (χ2v) is 6.23. The van der Waals surface area contributed by atoms with E-state index in [0.717, 1.165) is 16.8 Å². The van der Waals surface area contributed by atoms with Crippen LogP contribution in [0.2, 0.25) is 0 Å². The van der Waals surface area contributed by atoms with Gasteiger partial charge in [-0.3, -0.25) is 10.1 Å². The summed E-state index contributed by atoms with van der Waals surface area (Å²) in [7, 11) is 6.55. The molecule has 3 aromatic rings. The summed E-state index contributed by atoms with van der Waals surface area (Å²) in [4.78, 5) is 15.2. The minimum absolute atomic E-state index is 0.0778. The van der Waals surface area contributed by atoms with Crippen molar-refractivity contribution >= 4 is 5.69 Å². The standard InChI is InChI=1S/C20H21N3O5/c1-12-8-13(6-7-15(12)23(24)25)18-19(22(2)11-21-18)14-9-16(26-3)20(28-5)17(10-14)27-4/h6-11H,1-5H3. The lowest BCUT2D eigenvalue weighted by Gasteiger charge is -2.15. The molecule has 1 aromatic heterocycles. The molecule has 8 nitrogen and oxygen atoms in total. The quantitative estimate of drug-likeness (QED) is 0.472. The van der Waals surface area contributed by atoms with Gasteiger partial charge < -0.3 is 18.8 Å². The van der Waals surface area contributed by atoms with E-state index in [1.54, 1.807) is 46.7 Å². The molecule has 0 spiro atoms. The van der Waals surface area contributed by atoms with E-state index in [-0.39, 0.29) is 5.69 Å². The summed E-state index contributed by atoms with van der Waals surface area (Å²) in [5.74, 6) is 1.57. The monoisotopic (exact) mass is 383 g/mol. The maximum Gasteiger partial charge on any atom is 0.272 e. The maximum atomic E-state index is 11.1.